The van der Waals surface area contributed by atoms with Crippen molar-refractivity contribution in [1.29, 1.82) is 0 Å². The van der Waals surface area contributed by atoms with Gasteiger partial charge in [-0.3, -0.25) is 0 Å². The third-order valence-corrected chi connectivity index (χ3v) is 16.7. The number of hydrogen-bond donors (Lipinski definition) is 0. The minimum atomic E-state index is -2.61. The van der Waals surface area contributed by atoms with Crippen molar-refractivity contribution >= 4 is 32.8 Å². The number of nitrogens with zero attached hydrogens (tertiary/aromatic N) is 4. The summed E-state index contributed by atoms with van der Waals surface area (Å²) < 4.78 is 121. The van der Waals surface area contributed by atoms with Crippen LogP contribution in [0.3, 0.4) is 0 Å². The van der Waals surface area contributed by atoms with Crippen molar-refractivity contribution in [1.82, 2.24) is 18.7 Å². The van der Waals surface area contributed by atoms with Gasteiger partial charge in [-0.2, -0.15) is 0 Å². The second kappa shape index (κ2) is 18.7. The van der Waals surface area contributed by atoms with Gasteiger partial charge >= 0.3 is 352 Å². The van der Waals surface area contributed by atoms with E-state index < -0.39 is 37.1 Å². The standard InChI is InChI=1S/C71H68N4O.Pt/c1-46-37-66(72-44-59(46)48-31-34-60-61(40-48)71(10,11)36-35-70(60,8)9)75-62-28-16-15-25-57(62)58-33-32-54(43-65(58)75)76-53-24-19-23-52(42-53)73-45-74(64-30-18-17-29-63(64)73)67-55(47-21-13-12-14-22-47)26-20-27-56(67)49-38-50(68(2,3)4)41-51(39-49)69(5,6)7;/h12-34,37-44H,35-36H2,1-11H3;/i1D3,12D,13D,14D,15D,16D,21D,22D,25D,28D;. The zero-order valence-corrected chi connectivity index (χ0v) is 47.4. The van der Waals surface area contributed by atoms with Crippen molar-refractivity contribution in [3.63, 3.8) is 0 Å². The van der Waals surface area contributed by atoms with E-state index in [1.165, 1.54) is 17.2 Å². The van der Waals surface area contributed by atoms with E-state index in [0.29, 0.717) is 48.7 Å². The number of fused-ring (bicyclic) bond motifs is 5. The molecule has 8 aromatic carbocycles. The molecule has 1 aliphatic rings. The fourth-order valence-corrected chi connectivity index (χ4v) is 12.3. The Kier molecular flexibility index (Phi) is 9.29. The van der Waals surface area contributed by atoms with E-state index >= 15 is 0 Å². The first-order valence-corrected chi connectivity index (χ1v) is 27.4. The third-order valence-electron chi connectivity index (χ3n) is 15.7. The fraction of sp³-hybridized carbons (Fsp3) is 0.239. The fourth-order valence-electron chi connectivity index (χ4n) is 11.2. The summed E-state index contributed by atoms with van der Waals surface area (Å²) in [5, 5.41) is 0.727. The van der Waals surface area contributed by atoms with Gasteiger partial charge in [0.1, 0.15) is 0 Å². The van der Waals surface area contributed by atoms with Crippen LogP contribution in [0.4, 0.5) is 0 Å². The van der Waals surface area contributed by atoms with E-state index in [4.69, 9.17) is 20.7 Å². The van der Waals surface area contributed by atoms with Crippen LogP contribution in [-0.2, 0) is 41.0 Å². The van der Waals surface area contributed by atoms with Crippen LogP contribution in [0.2, 0.25) is 0 Å². The Bertz CT molecular complexity index is 4800. The molecule has 0 bridgehead atoms. The summed E-state index contributed by atoms with van der Waals surface area (Å²) in [6.07, 6.45) is 3.56. The normalized spacial score (nSPS) is 16.7. The van der Waals surface area contributed by atoms with E-state index in [0.717, 1.165) is 51.7 Å². The summed E-state index contributed by atoms with van der Waals surface area (Å²) in [4.78, 5) is 4.95. The van der Waals surface area contributed by atoms with Crippen LogP contribution in [0.25, 0.3) is 83.4 Å². The molecule has 0 atom stereocenters. The van der Waals surface area contributed by atoms with Gasteiger partial charge in [0, 0.05) is 15.9 Å². The molecule has 0 fully saturated rings. The molecular formula is C71H68N4OPt. The number of aryl methyl sites for hydroxylation is 1. The van der Waals surface area contributed by atoms with Crippen LogP contribution in [0.5, 0.6) is 11.5 Å². The Morgan fingerprint density at radius 2 is 1.18 bits per heavy atom. The van der Waals surface area contributed by atoms with E-state index in [1.54, 1.807) is 29.0 Å². The predicted molar refractivity (Wildman–Crippen MR) is 318 cm³/mol. The molecule has 1 aliphatic carbocycles. The Morgan fingerprint density at radius 1 is 0.532 bits per heavy atom. The first-order valence-electron chi connectivity index (χ1n) is 32.2. The first-order chi connectivity index (χ1) is 41.7. The van der Waals surface area contributed by atoms with Crippen molar-refractivity contribution in [3.8, 4) is 62.1 Å². The first kappa shape index (κ1) is 38.3. The van der Waals surface area contributed by atoms with Crippen LogP contribution >= 0.6 is 0 Å². The van der Waals surface area contributed by atoms with Crippen molar-refractivity contribution in [2.24, 2.45) is 0 Å². The van der Waals surface area contributed by atoms with Gasteiger partial charge in [0.2, 0.25) is 0 Å². The van der Waals surface area contributed by atoms with Gasteiger partial charge in [0.25, 0.3) is 0 Å². The van der Waals surface area contributed by atoms with Crippen molar-refractivity contribution in [3.05, 3.63) is 220 Å². The van der Waals surface area contributed by atoms with Gasteiger partial charge in [-0.15, -0.1) is 0 Å². The molecule has 5 nitrogen and oxygen atoms in total. The number of para-hydroxylation sites is 4. The van der Waals surface area contributed by atoms with Gasteiger partial charge in [0.15, 0.2) is 0 Å². The molecule has 0 N–H and O–H groups in total. The predicted octanol–water partition coefficient (Wildman–Crippen LogP) is 19.0. The SMILES string of the molecule is [2H]c1c([2H])c([2H])c(-c2cccc(-c3cc(C(C)(C)C)cc(C(C)(C)C)c3)c2-n2[c](=[Pt])n(-c3cccc(Oc4ccc5c6c([2H])c([2H])c([2H])c([2H])c6n(-c6cc(C([2H])([2H])[2H])c(-c7ccc8c(c7)C(C)(C)CCC8(C)C)cn6)c5c4)c3)c3ccccc32)c([2H])c1[2H]. The molecule has 11 aromatic rings. The molecule has 0 amide bonds. The number of benzene rings is 8. The average molecular weight is 1200 g/mol. The van der Waals surface area contributed by atoms with Crippen LogP contribution in [0.15, 0.2) is 188 Å². The molecular weight excluding hydrogens is 1120 g/mol. The van der Waals surface area contributed by atoms with Crippen LogP contribution in [0.1, 0.15) is 126 Å². The van der Waals surface area contributed by atoms with Crippen LogP contribution in [0, 0.1) is 10.7 Å². The topological polar surface area (TPSA) is 36.9 Å². The van der Waals surface area contributed by atoms with E-state index in [1.807, 2.05) is 72.8 Å². The third kappa shape index (κ3) is 8.95. The van der Waals surface area contributed by atoms with Gasteiger partial charge in [0.05, 0.1) is 5.48 Å². The zero-order chi connectivity index (χ0) is 64.1. The second-order valence-electron chi connectivity index (χ2n) is 23.9. The molecule has 0 spiro atoms. The molecule has 0 saturated heterocycles. The zero-order valence-electron chi connectivity index (χ0n) is 57.1. The molecule has 3 aromatic heterocycles. The monoisotopic (exact) mass is 1200 g/mol. The Labute approximate surface area is 482 Å². The van der Waals surface area contributed by atoms with Gasteiger partial charge in [-0.25, -0.2) is 0 Å². The molecule has 0 unspecified atom stereocenters. The number of ether oxygens (including phenoxy) is 1. The van der Waals surface area contributed by atoms with Crippen LogP contribution in [-0.4, -0.2) is 18.7 Å². The summed E-state index contributed by atoms with van der Waals surface area (Å²) in [7, 11) is 0. The van der Waals surface area contributed by atoms with Gasteiger partial charge < -0.3 is 0 Å². The van der Waals surface area contributed by atoms with Gasteiger partial charge in [-0.05, 0) is 52.8 Å². The summed E-state index contributed by atoms with van der Waals surface area (Å²) >= 11 is 2.30. The number of imidazole rings is 1. The van der Waals surface area contributed by atoms with E-state index in [-0.39, 0.29) is 73.7 Å². The van der Waals surface area contributed by atoms with E-state index in [2.05, 4.69) is 128 Å². The average Bonchev–Trinajstić information content (AvgIpc) is 1.64. The molecule has 0 saturated carbocycles. The molecule has 77 heavy (non-hydrogen) atoms. The molecule has 0 radical (unpaired) electrons. The number of rotatable bonds is 8. The number of pyridine rings is 1. The molecule has 0 aliphatic heterocycles. The second-order valence-corrected chi connectivity index (χ2v) is 24.9. The van der Waals surface area contributed by atoms with Crippen molar-refractivity contribution < 1.29 is 40.5 Å². The number of aromatic nitrogens is 4. The number of hydrogen-bond acceptors (Lipinski definition) is 2. The van der Waals surface area contributed by atoms with E-state index in [9.17, 15) is 5.48 Å². The summed E-state index contributed by atoms with van der Waals surface area (Å²) in [5.74, 6) is 0.943. The maximum atomic E-state index is 9.33. The van der Waals surface area contributed by atoms with Gasteiger partial charge in [-0.1, -0.05) is 58.0 Å². The molecule has 3 heterocycles. The Balaban J connectivity index is 1.03. The molecule has 6 heteroatoms. The van der Waals surface area contributed by atoms with Crippen molar-refractivity contribution in [2.75, 3.05) is 0 Å². The quantitative estimate of drug-likeness (QED) is 0.152. The summed E-state index contributed by atoms with van der Waals surface area (Å²) in [6.45, 7) is 19.4. The molecule has 388 valence electrons. The maximum absolute atomic E-state index is 9.33. The summed E-state index contributed by atoms with van der Waals surface area (Å²) in [6, 6.07) is 37.4. The Hall–Kier alpha value is -7.33. The minimum absolute atomic E-state index is 0.0436. The van der Waals surface area contributed by atoms with Crippen molar-refractivity contribution in [2.45, 2.75) is 111 Å². The van der Waals surface area contributed by atoms with Crippen LogP contribution < -0.4 is 4.74 Å². The summed E-state index contributed by atoms with van der Waals surface area (Å²) in [5.41, 5.74) is 10.9. The Morgan fingerprint density at radius 3 is 1.90 bits per heavy atom. The molecule has 12 rings (SSSR count).